The van der Waals surface area contributed by atoms with Gasteiger partial charge in [0.1, 0.15) is 0 Å². The third-order valence-electron chi connectivity index (χ3n) is 3.01. The molecular weight excluding hydrogens is 258 g/mol. The highest BCUT2D eigenvalue weighted by Crippen LogP contribution is 2.22. The summed E-state index contributed by atoms with van der Waals surface area (Å²) in [7, 11) is 1.74. The zero-order chi connectivity index (χ0) is 13.2. The van der Waals surface area contributed by atoms with Crippen molar-refractivity contribution in [2.24, 2.45) is 0 Å². The molecule has 0 fully saturated rings. The summed E-state index contributed by atoms with van der Waals surface area (Å²) in [6, 6.07) is 14.0. The Kier molecular flexibility index (Phi) is 2.97. The molecule has 0 radical (unpaired) electrons. The van der Waals surface area contributed by atoms with Crippen molar-refractivity contribution in [3.8, 4) is 0 Å². The molecule has 0 aliphatic carbocycles. The second-order valence-corrected chi connectivity index (χ2v) is 4.75. The summed E-state index contributed by atoms with van der Waals surface area (Å²) in [6.45, 7) is 0. The molecule has 19 heavy (non-hydrogen) atoms. The monoisotopic (exact) mass is 269 g/mol. The lowest BCUT2D eigenvalue weighted by Crippen LogP contribution is -2.26. The molecular formula is C14H11N3OS. The first-order valence-electron chi connectivity index (χ1n) is 5.80. The quantitative estimate of drug-likeness (QED) is 0.718. The van der Waals surface area contributed by atoms with E-state index in [1.165, 1.54) is 6.20 Å². The Bertz CT molecular complexity index is 724. The highest BCUT2D eigenvalue weighted by molar-refractivity contribution is 6.99. The van der Waals surface area contributed by atoms with Gasteiger partial charge in [0.2, 0.25) is 0 Å². The smallest absolute Gasteiger partial charge is 0.279 e. The number of anilines is 1. The summed E-state index contributed by atoms with van der Waals surface area (Å²) in [5, 5.41) is 2.26. The van der Waals surface area contributed by atoms with Gasteiger partial charge in [0.15, 0.2) is 5.69 Å². The van der Waals surface area contributed by atoms with Crippen LogP contribution in [0, 0.1) is 0 Å². The van der Waals surface area contributed by atoms with Gasteiger partial charge in [-0.15, -0.1) is 0 Å². The van der Waals surface area contributed by atoms with Crippen molar-refractivity contribution >= 4 is 34.1 Å². The Morgan fingerprint density at radius 3 is 2.68 bits per heavy atom. The molecule has 3 aromatic rings. The Balaban J connectivity index is 1.97. The average Bonchev–Trinajstić information content (AvgIpc) is 2.99. The highest BCUT2D eigenvalue weighted by atomic mass is 32.1. The number of hydrogen-bond donors (Lipinski definition) is 0. The maximum atomic E-state index is 12.2. The number of carbonyl (C=O) groups is 1. The van der Waals surface area contributed by atoms with Crippen LogP contribution >= 0.6 is 11.7 Å². The van der Waals surface area contributed by atoms with Gasteiger partial charge < -0.3 is 4.90 Å². The van der Waals surface area contributed by atoms with E-state index in [1.54, 1.807) is 11.9 Å². The minimum absolute atomic E-state index is 0.149. The van der Waals surface area contributed by atoms with Gasteiger partial charge >= 0.3 is 0 Å². The number of aromatic nitrogens is 2. The van der Waals surface area contributed by atoms with Gasteiger partial charge in [-0.3, -0.25) is 4.79 Å². The number of fused-ring (bicyclic) bond motifs is 1. The molecule has 1 amide bonds. The largest absolute Gasteiger partial charge is 0.310 e. The lowest BCUT2D eigenvalue weighted by Gasteiger charge is -2.16. The van der Waals surface area contributed by atoms with Crippen LogP contribution in [0.1, 0.15) is 10.5 Å². The minimum atomic E-state index is -0.149. The molecule has 5 heteroatoms. The molecule has 0 N–H and O–H groups in total. The topological polar surface area (TPSA) is 46.1 Å². The molecule has 2 aromatic carbocycles. The summed E-state index contributed by atoms with van der Waals surface area (Å²) in [4.78, 5) is 13.8. The van der Waals surface area contributed by atoms with E-state index in [0.29, 0.717) is 5.69 Å². The van der Waals surface area contributed by atoms with Crippen LogP contribution in [0.3, 0.4) is 0 Å². The fraction of sp³-hybridized carbons (Fsp3) is 0.0714. The SMILES string of the molecule is CN(C(=O)c1cnsn1)c1ccc2ccccc2c1. The van der Waals surface area contributed by atoms with Gasteiger partial charge in [0.05, 0.1) is 17.9 Å². The summed E-state index contributed by atoms with van der Waals surface area (Å²) < 4.78 is 7.82. The van der Waals surface area contributed by atoms with Crippen LogP contribution in [0.4, 0.5) is 5.69 Å². The number of rotatable bonds is 2. The average molecular weight is 269 g/mol. The number of benzene rings is 2. The predicted molar refractivity (Wildman–Crippen MR) is 76.6 cm³/mol. The number of carbonyl (C=O) groups excluding carboxylic acids is 1. The van der Waals surface area contributed by atoms with Crippen molar-refractivity contribution in [3.63, 3.8) is 0 Å². The fourth-order valence-corrected chi connectivity index (χ4v) is 2.34. The molecule has 94 valence electrons. The molecule has 0 saturated carbocycles. The van der Waals surface area contributed by atoms with Crippen molar-refractivity contribution in [2.45, 2.75) is 0 Å². The van der Waals surface area contributed by atoms with Crippen LogP contribution < -0.4 is 4.90 Å². The standard InChI is InChI=1S/C14H11N3OS/c1-17(14(18)13-9-15-19-16-13)12-7-6-10-4-2-3-5-11(10)8-12/h2-9H,1H3. The van der Waals surface area contributed by atoms with Crippen LogP contribution in [-0.2, 0) is 0 Å². The Hall–Kier alpha value is -2.27. The van der Waals surface area contributed by atoms with Crippen LogP contribution in [0.2, 0.25) is 0 Å². The maximum absolute atomic E-state index is 12.2. The van der Waals surface area contributed by atoms with Crippen molar-refractivity contribution in [1.82, 2.24) is 8.75 Å². The fourth-order valence-electron chi connectivity index (χ4n) is 1.93. The van der Waals surface area contributed by atoms with Gasteiger partial charge in [-0.05, 0) is 22.9 Å². The highest BCUT2D eigenvalue weighted by Gasteiger charge is 2.16. The molecule has 0 spiro atoms. The lowest BCUT2D eigenvalue weighted by atomic mass is 10.1. The van der Waals surface area contributed by atoms with Gasteiger partial charge in [-0.1, -0.05) is 30.3 Å². The van der Waals surface area contributed by atoms with E-state index in [-0.39, 0.29) is 5.91 Å². The van der Waals surface area contributed by atoms with Crippen LogP contribution in [0.5, 0.6) is 0 Å². The second-order valence-electron chi connectivity index (χ2n) is 4.19. The zero-order valence-electron chi connectivity index (χ0n) is 10.3. The third-order valence-corrected chi connectivity index (χ3v) is 3.48. The zero-order valence-corrected chi connectivity index (χ0v) is 11.1. The van der Waals surface area contributed by atoms with Gasteiger partial charge in [0, 0.05) is 12.7 Å². The summed E-state index contributed by atoms with van der Waals surface area (Å²) in [5.74, 6) is -0.149. The van der Waals surface area contributed by atoms with E-state index in [4.69, 9.17) is 0 Å². The summed E-state index contributed by atoms with van der Waals surface area (Å²) in [6.07, 6.45) is 1.49. The van der Waals surface area contributed by atoms with E-state index in [2.05, 4.69) is 8.75 Å². The third kappa shape index (κ3) is 2.20. The van der Waals surface area contributed by atoms with Crippen molar-refractivity contribution in [2.75, 3.05) is 11.9 Å². The number of hydrogen-bond acceptors (Lipinski definition) is 4. The van der Waals surface area contributed by atoms with E-state index in [0.717, 1.165) is 28.2 Å². The van der Waals surface area contributed by atoms with E-state index in [9.17, 15) is 4.79 Å². The molecule has 4 nitrogen and oxygen atoms in total. The second kappa shape index (κ2) is 4.78. The molecule has 3 rings (SSSR count). The van der Waals surface area contributed by atoms with Gasteiger partial charge in [-0.25, -0.2) is 0 Å². The van der Waals surface area contributed by atoms with E-state index >= 15 is 0 Å². The first kappa shape index (κ1) is 11.8. The molecule has 1 aromatic heterocycles. The van der Waals surface area contributed by atoms with E-state index in [1.807, 2.05) is 42.5 Å². The Labute approximate surface area is 114 Å². The summed E-state index contributed by atoms with van der Waals surface area (Å²) >= 11 is 1.04. The lowest BCUT2D eigenvalue weighted by molar-refractivity contribution is 0.0989. The van der Waals surface area contributed by atoms with Crippen molar-refractivity contribution in [1.29, 1.82) is 0 Å². The first-order chi connectivity index (χ1) is 9.25. The molecule has 0 bridgehead atoms. The predicted octanol–water partition coefficient (Wildman–Crippen LogP) is 2.97. The number of amides is 1. The Morgan fingerprint density at radius 1 is 1.16 bits per heavy atom. The van der Waals surface area contributed by atoms with Gasteiger partial charge in [0.25, 0.3) is 5.91 Å². The molecule has 0 unspecified atom stereocenters. The molecule has 0 aliphatic heterocycles. The van der Waals surface area contributed by atoms with E-state index < -0.39 is 0 Å². The number of nitrogens with zero attached hydrogens (tertiary/aromatic N) is 3. The van der Waals surface area contributed by atoms with Gasteiger partial charge in [-0.2, -0.15) is 8.75 Å². The molecule has 0 saturated heterocycles. The first-order valence-corrected chi connectivity index (χ1v) is 6.53. The normalized spacial score (nSPS) is 10.6. The van der Waals surface area contributed by atoms with Crippen molar-refractivity contribution in [3.05, 3.63) is 54.4 Å². The van der Waals surface area contributed by atoms with Crippen molar-refractivity contribution < 1.29 is 4.79 Å². The summed E-state index contributed by atoms with van der Waals surface area (Å²) in [5.41, 5.74) is 1.22. The van der Waals surface area contributed by atoms with Crippen LogP contribution in [0.25, 0.3) is 10.8 Å². The molecule has 0 aliphatic rings. The molecule has 0 atom stereocenters. The minimum Gasteiger partial charge on any atom is -0.310 e. The van der Waals surface area contributed by atoms with Crippen LogP contribution in [-0.4, -0.2) is 21.7 Å². The Morgan fingerprint density at radius 2 is 1.95 bits per heavy atom. The maximum Gasteiger partial charge on any atom is 0.279 e. The molecule has 1 heterocycles. The van der Waals surface area contributed by atoms with Crippen LogP contribution in [0.15, 0.2) is 48.7 Å².